The third-order valence-corrected chi connectivity index (χ3v) is 4.02. The summed E-state index contributed by atoms with van der Waals surface area (Å²) in [5.74, 6) is 0.0146. The van der Waals surface area contributed by atoms with E-state index in [-0.39, 0.29) is 29.7 Å². The van der Waals surface area contributed by atoms with Crippen molar-refractivity contribution in [2.24, 2.45) is 0 Å². The molecule has 1 aliphatic carbocycles. The molecule has 1 amide bonds. The van der Waals surface area contributed by atoms with Crippen LogP contribution in [0.1, 0.15) is 41.8 Å². The highest BCUT2D eigenvalue weighted by molar-refractivity contribution is 5.91. The van der Waals surface area contributed by atoms with Crippen LogP contribution in [0.15, 0.2) is 35.1 Å². The molecule has 0 saturated heterocycles. The first-order valence-corrected chi connectivity index (χ1v) is 7.83. The van der Waals surface area contributed by atoms with E-state index >= 15 is 0 Å². The molecule has 1 aliphatic rings. The Morgan fingerprint density at radius 2 is 1.96 bits per heavy atom. The maximum absolute atomic E-state index is 12.5. The molecule has 0 radical (unpaired) electrons. The standard InChI is InChI=1S/C16H16F3N3O3/c17-16(18,19)10-1-6-14(20-9-10)24-12-4-2-11(3-5-12)22-15(23)13-7-8-21-25-13/h1,6-9,11-12H,2-5H2,(H,22,23). The van der Waals surface area contributed by atoms with Gasteiger partial charge >= 0.3 is 6.18 Å². The number of pyridine rings is 1. The number of nitrogens with one attached hydrogen (secondary N) is 1. The van der Waals surface area contributed by atoms with Crippen molar-refractivity contribution in [1.29, 1.82) is 0 Å². The van der Waals surface area contributed by atoms with E-state index in [1.165, 1.54) is 18.3 Å². The van der Waals surface area contributed by atoms with Crippen LogP contribution in [0.2, 0.25) is 0 Å². The molecule has 0 spiro atoms. The topological polar surface area (TPSA) is 77.2 Å². The minimum atomic E-state index is -4.41. The normalized spacial score (nSPS) is 20.9. The van der Waals surface area contributed by atoms with E-state index in [0.29, 0.717) is 25.7 Å². The number of nitrogens with zero attached hydrogens (tertiary/aromatic N) is 2. The number of hydrogen-bond acceptors (Lipinski definition) is 5. The fourth-order valence-electron chi connectivity index (χ4n) is 2.70. The highest BCUT2D eigenvalue weighted by atomic mass is 19.4. The smallest absolute Gasteiger partial charge is 0.417 e. The van der Waals surface area contributed by atoms with Crippen LogP contribution in [0.4, 0.5) is 13.2 Å². The van der Waals surface area contributed by atoms with Crippen molar-refractivity contribution in [2.75, 3.05) is 0 Å². The number of amides is 1. The summed E-state index contributed by atoms with van der Waals surface area (Å²) in [4.78, 5) is 15.6. The third kappa shape index (κ3) is 4.49. The van der Waals surface area contributed by atoms with Crippen LogP contribution in [-0.2, 0) is 6.18 Å². The summed E-state index contributed by atoms with van der Waals surface area (Å²) >= 11 is 0. The molecule has 0 aromatic carbocycles. The monoisotopic (exact) mass is 355 g/mol. The van der Waals surface area contributed by atoms with Crippen LogP contribution >= 0.6 is 0 Å². The predicted octanol–water partition coefficient (Wildman–Crippen LogP) is 3.21. The molecule has 3 rings (SSSR count). The Morgan fingerprint density at radius 1 is 1.20 bits per heavy atom. The molecule has 2 heterocycles. The summed E-state index contributed by atoms with van der Waals surface area (Å²) in [7, 11) is 0. The summed E-state index contributed by atoms with van der Waals surface area (Å²) in [6, 6.07) is 3.66. The maximum Gasteiger partial charge on any atom is 0.417 e. The van der Waals surface area contributed by atoms with Crippen molar-refractivity contribution in [3.05, 3.63) is 41.9 Å². The molecular formula is C16H16F3N3O3. The molecular weight excluding hydrogens is 339 g/mol. The number of halogens is 3. The summed E-state index contributed by atoms with van der Waals surface area (Å²) in [5, 5.41) is 6.34. The van der Waals surface area contributed by atoms with Gasteiger partial charge in [0.15, 0.2) is 0 Å². The minimum Gasteiger partial charge on any atom is -0.474 e. The van der Waals surface area contributed by atoms with Crippen molar-refractivity contribution in [2.45, 2.75) is 44.0 Å². The number of carbonyl (C=O) groups is 1. The van der Waals surface area contributed by atoms with E-state index in [9.17, 15) is 18.0 Å². The highest BCUT2D eigenvalue weighted by Crippen LogP contribution is 2.30. The van der Waals surface area contributed by atoms with Gasteiger partial charge in [-0.15, -0.1) is 0 Å². The molecule has 0 aliphatic heterocycles. The lowest BCUT2D eigenvalue weighted by Gasteiger charge is -2.29. The van der Waals surface area contributed by atoms with Gasteiger partial charge in [0.1, 0.15) is 6.10 Å². The van der Waals surface area contributed by atoms with Crippen molar-refractivity contribution in [3.63, 3.8) is 0 Å². The van der Waals surface area contributed by atoms with Gasteiger partial charge in [-0.3, -0.25) is 4.79 Å². The molecule has 134 valence electrons. The number of hydrogen-bond donors (Lipinski definition) is 1. The number of carbonyl (C=O) groups excluding carboxylic acids is 1. The molecule has 25 heavy (non-hydrogen) atoms. The minimum absolute atomic E-state index is 0.00184. The van der Waals surface area contributed by atoms with Gasteiger partial charge in [0, 0.05) is 24.4 Å². The number of aromatic nitrogens is 2. The Hall–Kier alpha value is -2.58. The predicted molar refractivity (Wildman–Crippen MR) is 79.9 cm³/mol. The van der Waals surface area contributed by atoms with E-state index in [1.807, 2.05) is 0 Å². The van der Waals surface area contributed by atoms with Gasteiger partial charge in [-0.1, -0.05) is 5.16 Å². The van der Waals surface area contributed by atoms with Gasteiger partial charge < -0.3 is 14.6 Å². The average Bonchev–Trinajstić information content (AvgIpc) is 3.11. The zero-order valence-corrected chi connectivity index (χ0v) is 13.1. The second-order valence-electron chi connectivity index (χ2n) is 5.82. The molecule has 0 unspecified atom stereocenters. The van der Waals surface area contributed by atoms with E-state index in [0.717, 1.165) is 12.3 Å². The largest absolute Gasteiger partial charge is 0.474 e. The van der Waals surface area contributed by atoms with Crippen molar-refractivity contribution >= 4 is 5.91 Å². The fraction of sp³-hybridized carbons (Fsp3) is 0.438. The van der Waals surface area contributed by atoms with Gasteiger partial charge in [0.25, 0.3) is 5.91 Å². The summed E-state index contributed by atoms with van der Waals surface area (Å²) < 4.78 is 47.9. The Balaban J connectivity index is 1.47. The van der Waals surface area contributed by atoms with Crippen LogP contribution in [-0.4, -0.2) is 28.2 Å². The van der Waals surface area contributed by atoms with Crippen LogP contribution in [0, 0.1) is 0 Å². The molecule has 2 aromatic rings. The summed E-state index contributed by atoms with van der Waals surface area (Å²) in [6.07, 6.45) is 0.355. The SMILES string of the molecule is O=C(NC1CCC(Oc2ccc(C(F)(F)F)cn2)CC1)c1ccno1. The molecule has 0 atom stereocenters. The number of rotatable bonds is 4. The maximum atomic E-state index is 12.5. The van der Waals surface area contributed by atoms with Gasteiger partial charge in [-0.25, -0.2) is 4.98 Å². The molecule has 1 fully saturated rings. The first-order valence-electron chi connectivity index (χ1n) is 7.83. The van der Waals surface area contributed by atoms with Crippen molar-refractivity contribution < 1.29 is 27.2 Å². The van der Waals surface area contributed by atoms with Crippen molar-refractivity contribution in [3.8, 4) is 5.88 Å². The van der Waals surface area contributed by atoms with E-state index in [4.69, 9.17) is 9.26 Å². The van der Waals surface area contributed by atoms with E-state index < -0.39 is 11.7 Å². The average molecular weight is 355 g/mol. The van der Waals surface area contributed by atoms with Gasteiger partial charge in [0.2, 0.25) is 11.6 Å². The summed E-state index contributed by atoms with van der Waals surface area (Å²) in [5.41, 5.74) is -0.807. The van der Waals surface area contributed by atoms with Crippen LogP contribution in [0.3, 0.4) is 0 Å². The molecule has 1 saturated carbocycles. The zero-order valence-electron chi connectivity index (χ0n) is 13.1. The molecule has 2 aromatic heterocycles. The summed E-state index contributed by atoms with van der Waals surface area (Å²) in [6.45, 7) is 0. The Labute approximate surface area is 141 Å². The van der Waals surface area contributed by atoms with E-state index in [2.05, 4.69) is 15.5 Å². The lowest BCUT2D eigenvalue weighted by molar-refractivity contribution is -0.137. The Morgan fingerprint density at radius 3 is 2.52 bits per heavy atom. The quantitative estimate of drug-likeness (QED) is 0.911. The molecule has 0 bridgehead atoms. The fourth-order valence-corrected chi connectivity index (χ4v) is 2.70. The van der Waals surface area contributed by atoms with Crippen LogP contribution in [0.25, 0.3) is 0 Å². The van der Waals surface area contributed by atoms with Gasteiger partial charge in [0.05, 0.1) is 11.8 Å². The highest BCUT2D eigenvalue weighted by Gasteiger charge is 2.31. The van der Waals surface area contributed by atoms with Crippen LogP contribution in [0.5, 0.6) is 5.88 Å². The first kappa shape index (κ1) is 17.2. The first-order chi connectivity index (χ1) is 11.9. The molecule has 1 N–H and O–H groups in total. The zero-order chi connectivity index (χ0) is 17.9. The second kappa shape index (κ2) is 7.12. The number of alkyl halides is 3. The van der Waals surface area contributed by atoms with Gasteiger partial charge in [-0.2, -0.15) is 13.2 Å². The third-order valence-electron chi connectivity index (χ3n) is 4.02. The Bertz CT molecular complexity index is 694. The lowest BCUT2D eigenvalue weighted by Crippen LogP contribution is -2.39. The van der Waals surface area contributed by atoms with Crippen LogP contribution < -0.4 is 10.1 Å². The Kier molecular flexibility index (Phi) is 4.91. The van der Waals surface area contributed by atoms with Crippen molar-refractivity contribution in [1.82, 2.24) is 15.5 Å². The van der Waals surface area contributed by atoms with Gasteiger partial charge in [-0.05, 0) is 31.7 Å². The second-order valence-corrected chi connectivity index (χ2v) is 5.82. The molecule has 9 heteroatoms. The number of ether oxygens (including phenoxy) is 1. The molecule has 6 nitrogen and oxygen atoms in total. The van der Waals surface area contributed by atoms with E-state index in [1.54, 1.807) is 0 Å². The lowest BCUT2D eigenvalue weighted by atomic mass is 9.93.